The fourth-order valence-electron chi connectivity index (χ4n) is 6.54. The number of halogens is 1. The van der Waals surface area contributed by atoms with Crippen molar-refractivity contribution in [2.75, 3.05) is 0 Å². The van der Waals surface area contributed by atoms with Gasteiger partial charge in [-0.05, 0) is 72.9 Å². The third-order valence-corrected chi connectivity index (χ3v) is 8.30. The lowest BCUT2D eigenvalue weighted by atomic mass is 9.78. The first kappa shape index (κ1) is 22.8. The number of allylic oxidation sites excluding steroid dienone is 1. The van der Waals surface area contributed by atoms with Crippen LogP contribution in [0.2, 0.25) is 0 Å². The number of rotatable bonds is 1. The Labute approximate surface area is 223 Å². The first-order chi connectivity index (χ1) is 18.6. The lowest BCUT2D eigenvalue weighted by Crippen LogP contribution is -2.53. The Morgan fingerprint density at radius 1 is 0.789 bits per heavy atom. The average Bonchev–Trinajstić information content (AvgIpc) is 3.00. The normalized spacial score (nSPS) is 17.6. The highest BCUT2D eigenvalue weighted by atomic mass is 19.1. The molecule has 0 N–H and O–H groups in total. The number of pyridine rings is 2. The smallest absolute Gasteiger partial charge is 0.207 e. The molecule has 2 aliphatic heterocycles. The Hall–Kier alpha value is -4.37. The minimum Gasteiger partial charge on any atom is -0.207 e. The Kier molecular flexibility index (Phi) is 5.33. The number of nitrogens with zero attached hydrogens (tertiary/aromatic N) is 2. The second kappa shape index (κ2) is 8.88. The quantitative estimate of drug-likeness (QED) is 0.213. The summed E-state index contributed by atoms with van der Waals surface area (Å²) in [5.41, 5.74) is 11.4. The molecule has 4 heterocycles. The molecule has 3 aromatic carbocycles. The molecule has 0 aliphatic carbocycles. The summed E-state index contributed by atoms with van der Waals surface area (Å²) in [6.07, 6.45) is 6.18. The van der Waals surface area contributed by atoms with E-state index in [4.69, 9.17) is 6.58 Å². The standard InChI is InChI=1S/C35H29FN2/c1-23-22-38-24(2)35-30(28-12-6-7-13-29(28)33-14-8-9-19-37(33)35)18-16-26-15-17-27(36)20-32(26)34(38)21-31(23)25-10-4-3-5-11-25/h3-15,17,19-22,30,35H,2,16,18H2,1H3/q+2. The zero-order valence-electron chi connectivity index (χ0n) is 21.4. The molecule has 2 aromatic heterocycles. The van der Waals surface area contributed by atoms with Crippen molar-refractivity contribution < 1.29 is 13.5 Å². The van der Waals surface area contributed by atoms with Gasteiger partial charge in [-0.3, -0.25) is 0 Å². The molecular formula is C35H29FN2+2. The monoisotopic (exact) mass is 496 g/mol. The first-order valence-corrected chi connectivity index (χ1v) is 13.3. The van der Waals surface area contributed by atoms with Crippen molar-refractivity contribution >= 4 is 5.70 Å². The van der Waals surface area contributed by atoms with Crippen LogP contribution in [-0.2, 0) is 6.42 Å². The van der Waals surface area contributed by atoms with Crippen LogP contribution in [0.1, 0.15) is 35.1 Å². The molecule has 7 rings (SSSR count). The van der Waals surface area contributed by atoms with Gasteiger partial charge in [0.15, 0.2) is 12.4 Å². The third-order valence-electron chi connectivity index (χ3n) is 8.30. The number of aryl methyl sites for hydroxylation is 2. The van der Waals surface area contributed by atoms with E-state index in [9.17, 15) is 4.39 Å². The van der Waals surface area contributed by atoms with Crippen LogP contribution in [0, 0.1) is 12.7 Å². The van der Waals surface area contributed by atoms with Gasteiger partial charge in [-0.15, -0.1) is 0 Å². The molecule has 2 unspecified atom stereocenters. The maximum absolute atomic E-state index is 14.8. The van der Waals surface area contributed by atoms with Gasteiger partial charge in [0.25, 0.3) is 0 Å². The number of benzene rings is 3. The van der Waals surface area contributed by atoms with Crippen molar-refractivity contribution in [3.63, 3.8) is 0 Å². The van der Waals surface area contributed by atoms with Gasteiger partial charge in [-0.2, -0.15) is 9.13 Å². The Bertz CT molecular complexity index is 1720. The van der Waals surface area contributed by atoms with Crippen molar-refractivity contribution in [1.29, 1.82) is 0 Å². The summed E-state index contributed by atoms with van der Waals surface area (Å²) < 4.78 is 19.4. The SMILES string of the molecule is C=C1C2C(CCc3ccc(F)cc3-c3cc(-c4ccccc4)c(C)c[n+]31)c1ccccc1-c1cccc[n+]12. The van der Waals surface area contributed by atoms with E-state index >= 15 is 0 Å². The number of aromatic nitrogens is 2. The third kappa shape index (κ3) is 3.53. The van der Waals surface area contributed by atoms with Crippen molar-refractivity contribution in [2.24, 2.45) is 0 Å². The molecule has 2 aliphatic rings. The van der Waals surface area contributed by atoms with Crippen LogP contribution in [0.25, 0.3) is 39.3 Å². The van der Waals surface area contributed by atoms with Gasteiger partial charge < -0.3 is 0 Å². The molecule has 0 spiro atoms. The molecule has 2 atom stereocenters. The van der Waals surface area contributed by atoms with Crippen LogP contribution in [0.4, 0.5) is 4.39 Å². The minimum absolute atomic E-state index is 0.0333. The van der Waals surface area contributed by atoms with Crippen LogP contribution < -0.4 is 9.13 Å². The molecule has 0 amide bonds. The molecule has 0 saturated heterocycles. The molecule has 0 radical (unpaired) electrons. The highest BCUT2D eigenvalue weighted by Crippen LogP contribution is 2.45. The fourth-order valence-corrected chi connectivity index (χ4v) is 6.54. The lowest BCUT2D eigenvalue weighted by molar-refractivity contribution is -0.727. The van der Waals surface area contributed by atoms with Crippen molar-refractivity contribution in [2.45, 2.75) is 31.7 Å². The molecule has 0 saturated carbocycles. The van der Waals surface area contributed by atoms with Crippen LogP contribution in [0.15, 0.2) is 116 Å². The zero-order chi connectivity index (χ0) is 25.8. The summed E-state index contributed by atoms with van der Waals surface area (Å²) >= 11 is 0. The summed E-state index contributed by atoms with van der Waals surface area (Å²) in [4.78, 5) is 0. The highest BCUT2D eigenvalue weighted by Gasteiger charge is 2.46. The van der Waals surface area contributed by atoms with E-state index in [2.05, 4.69) is 101 Å². The van der Waals surface area contributed by atoms with Crippen molar-refractivity contribution in [3.8, 4) is 33.6 Å². The summed E-state index contributed by atoms with van der Waals surface area (Å²) in [6.45, 7) is 6.89. The molecular weight excluding hydrogens is 467 g/mol. The van der Waals surface area contributed by atoms with Crippen LogP contribution >= 0.6 is 0 Å². The predicted molar refractivity (Wildman–Crippen MR) is 150 cm³/mol. The lowest BCUT2D eigenvalue weighted by Gasteiger charge is -2.29. The second-order valence-electron chi connectivity index (χ2n) is 10.5. The maximum atomic E-state index is 14.8. The number of hydrogen-bond acceptors (Lipinski definition) is 0. The van der Waals surface area contributed by atoms with Crippen LogP contribution in [0.3, 0.4) is 0 Å². The average molecular weight is 497 g/mol. The van der Waals surface area contributed by atoms with Gasteiger partial charge in [0, 0.05) is 29.3 Å². The van der Waals surface area contributed by atoms with E-state index in [-0.39, 0.29) is 17.8 Å². The van der Waals surface area contributed by atoms with Gasteiger partial charge in [0.2, 0.25) is 23.1 Å². The van der Waals surface area contributed by atoms with Gasteiger partial charge in [0.05, 0.1) is 11.5 Å². The summed E-state index contributed by atoms with van der Waals surface area (Å²) in [6, 6.07) is 33.1. The van der Waals surface area contributed by atoms with E-state index in [0.29, 0.717) is 0 Å². The Balaban J connectivity index is 1.52. The van der Waals surface area contributed by atoms with E-state index < -0.39 is 0 Å². The minimum atomic E-state index is -0.218. The van der Waals surface area contributed by atoms with Crippen LogP contribution in [-0.4, -0.2) is 0 Å². The number of fused-ring (bicyclic) bond motifs is 9. The van der Waals surface area contributed by atoms with Crippen LogP contribution in [0.5, 0.6) is 0 Å². The van der Waals surface area contributed by atoms with E-state index in [0.717, 1.165) is 52.0 Å². The first-order valence-electron chi connectivity index (χ1n) is 13.3. The molecule has 3 heteroatoms. The van der Waals surface area contributed by atoms with Crippen molar-refractivity contribution in [3.05, 3.63) is 139 Å². The summed E-state index contributed by atoms with van der Waals surface area (Å²) in [5.74, 6) is 0.0218. The fraction of sp³-hybridized carbons (Fsp3) is 0.143. The van der Waals surface area contributed by atoms with Gasteiger partial charge in [-0.1, -0.05) is 54.6 Å². The molecule has 0 bridgehead atoms. The second-order valence-corrected chi connectivity index (χ2v) is 10.5. The van der Waals surface area contributed by atoms with Crippen molar-refractivity contribution in [1.82, 2.24) is 0 Å². The molecule has 5 aromatic rings. The summed E-state index contributed by atoms with van der Waals surface area (Å²) in [5, 5.41) is 0. The topological polar surface area (TPSA) is 7.76 Å². The highest BCUT2D eigenvalue weighted by molar-refractivity contribution is 5.74. The molecule has 2 nitrogen and oxygen atoms in total. The maximum Gasteiger partial charge on any atom is 0.249 e. The van der Waals surface area contributed by atoms with E-state index in [1.807, 2.05) is 12.1 Å². The van der Waals surface area contributed by atoms with Gasteiger partial charge in [0.1, 0.15) is 5.82 Å². The molecule has 38 heavy (non-hydrogen) atoms. The number of hydrogen-bond donors (Lipinski definition) is 0. The predicted octanol–water partition coefficient (Wildman–Crippen LogP) is 7.47. The molecule has 184 valence electrons. The Morgan fingerprint density at radius 3 is 2.45 bits per heavy atom. The Morgan fingerprint density at radius 2 is 1.58 bits per heavy atom. The summed E-state index contributed by atoms with van der Waals surface area (Å²) in [7, 11) is 0. The zero-order valence-corrected chi connectivity index (χ0v) is 21.4. The van der Waals surface area contributed by atoms with Gasteiger partial charge >= 0.3 is 0 Å². The molecule has 0 fully saturated rings. The van der Waals surface area contributed by atoms with E-state index in [1.54, 1.807) is 12.1 Å². The van der Waals surface area contributed by atoms with E-state index in [1.165, 1.54) is 16.8 Å². The largest absolute Gasteiger partial charge is 0.249 e. The van der Waals surface area contributed by atoms with Gasteiger partial charge in [-0.25, -0.2) is 4.39 Å².